The highest BCUT2D eigenvalue weighted by atomic mass is 16.5. The second-order valence-corrected chi connectivity index (χ2v) is 6.60. The number of fused-ring (bicyclic) bond motifs is 1. The number of hydrogen-bond acceptors (Lipinski definition) is 3. The van der Waals surface area contributed by atoms with Crippen LogP contribution in [0.3, 0.4) is 0 Å². The van der Waals surface area contributed by atoms with E-state index in [4.69, 9.17) is 4.74 Å². The second kappa shape index (κ2) is 6.24. The van der Waals surface area contributed by atoms with Crippen LogP contribution in [0.2, 0.25) is 0 Å². The SMILES string of the molecule is O=C1CC[C@@](C(=O)N[C@@H]2COc3ccccc32)(c2ccccc2)CN1. The number of hydrogen-bond donors (Lipinski definition) is 2. The highest BCUT2D eigenvalue weighted by Gasteiger charge is 2.44. The molecule has 0 aromatic heterocycles. The van der Waals surface area contributed by atoms with Crippen molar-refractivity contribution in [2.75, 3.05) is 13.2 Å². The predicted octanol–water partition coefficient (Wildman–Crippen LogP) is 2.08. The summed E-state index contributed by atoms with van der Waals surface area (Å²) in [5, 5.41) is 6.01. The summed E-state index contributed by atoms with van der Waals surface area (Å²) in [6.45, 7) is 0.749. The van der Waals surface area contributed by atoms with Crippen LogP contribution in [-0.2, 0) is 15.0 Å². The Bertz CT molecular complexity index is 794. The molecule has 4 rings (SSSR count). The van der Waals surface area contributed by atoms with Crippen LogP contribution < -0.4 is 15.4 Å². The average Bonchev–Trinajstić information content (AvgIpc) is 3.06. The van der Waals surface area contributed by atoms with Gasteiger partial charge in [-0.05, 0) is 18.1 Å². The Morgan fingerprint density at radius 3 is 2.64 bits per heavy atom. The monoisotopic (exact) mass is 336 g/mol. The summed E-state index contributed by atoms with van der Waals surface area (Å²) < 4.78 is 5.67. The Morgan fingerprint density at radius 2 is 1.88 bits per heavy atom. The Balaban J connectivity index is 1.62. The van der Waals surface area contributed by atoms with Gasteiger partial charge >= 0.3 is 0 Å². The number of nitrogens with one attached hydrogen (secondary N) is 2. The third-order valence-corrected chi connectivity index (χ3v) is 5.13. The maximum Gasteiger partial charge on any atom is 0.233 e. The summed E-state index contributed by atoms with van der Waals surface area (Å²) in [5.74, 6) is 0.747. The molecule has 0 bridgehead atoms. The molecule has 5 nitrogen and oxygen atoms in total. The van der Waals surface area contributed by atoms with Crippen LogP contribution in [0.4, 0.5) is 0 Å². The van der Waals surface area contributed by atoms with Gasteiger partial charge in [0.05, 0.1) is 11.5 Å². The minimum absolute atomic E-state index is 0.00565. The molecule has 1 saturated heterocycles. The van der Waals surface area contributed by atoms with Gasteiger partial charge in [0.25, 0.3) is 0 Å². The molecule has 2 aromatic carbocycles. The number of benzene rings is 2. The van der Waals surface area contributed by atoms with Gasteiger partial charge in [-0.1, -0.05) is 48.5 Å². The third-order valence-electron chi connectivity index (χ3n) is 5.13. The van der Waals surface area contributed by atoms with E-state index in [-0.39, 0.29) is 17.9 Å². The van der Waals surface area contributed by atoms with Crippen molar-refractivity contribution in [3.05, 3.63) is 65.7 Å². The molecular weight excluding hydrogens is 316 g/mol. The summed E-state index contributed by atoms with van der Waals surface area (Å²) in [6.07, 6.45) is 0.851. The van der Waals surface area contributed by atoms with E-state index < -0.39 is 5.41 Å². The zero-order valence-corrected chi connectivity index (χ0v) is 13.8. The van der Waals surface area contributed by atoms with Gasteiger partial charge in [0.1, 0.15) is 12.4 Å². The fourth-order valence-electron chi connectivity index (χ4n) is 3.66. The van der Waals surface area contributed by atoms with Gasteiger partial charge in [-0.3, -0.25) is 9.59 Å². The normalized spacial score (nSPS) is 24.8. The molecule has 1 fully saturated rings. The maximum absolute atomic E-state index is 13.3. The van der Waals surface area contributed by atoms with Crippen molar-refractivity contribution >= 4 is 11.8 Å². The molecule has 128 valence electrons. The summed E-state index contributed by atoms with van der Waals surface area (Å²) in [4.78, 5) is 24.9. The molecule has 5 heteroatoms. The quantitative estimate of drug-likeness (QED) is 0.902. The van der Waals surface area contributed by atoms with Gasteiger partial charge in [0.2, 0.25) is 11.8 Å². The first-order valence-electron chi connectivity index (χ1n) is 8.54. The van der Waals surface area contributed by atoms with Crippen molar-refractivity contribution in [1.82, 2.24) is 10.6 Å². The fourth-order valence-corrected chi connectivity index (χ4v) is 3.66. The molecule has 0 saturated carbocycles. The van der Waals surface area contributed by atoms with E-state index in [2.05, 4.69) is 10.6 Å². The molecule has 2 amide bonds. The first-order chi connectivity index (χ1) is 12.2. The maximum atomic E-state index is 13.3. The minimum Gasteiger partial charge on any atom is -0.491 e. The van der Waals surface area contributed by atoms with Crippen molar-refractivity contribution in [3.63, 3.8) is 0 Å². The fraction of sp³-hybridized carbons (Fsp3) is 0.300. The molecule has 0 radical (unpaired) electrons. The number of para-hydroxylation sites is 1. The molecule has 0 spiro atoms. The van der Waals surface area contributed by atoms with E-state index >= 15 is 0 Å². The largest absolute Gasteiger partial charge is 0.491 e. The third kappa shape index (κ3) is 2.76. The van der Waals surface area contributed by atoms with E-state index in [0.717, 1.165) is 16.9 Å². The standard InChI is InChI=1S/C20H20N2O3/c23-18-10-11-20(13-21-18,14-6-2-1-3-7-14)19(24)22-16-12-25-17-9-5-4-8-15(16)17/h1-9,16H,10-13H2,(H,21,23)(H,22,24)/t16-,20+/m1/s1. The zero-order chi connectivity index (χ0) is 17.3. The molecule has 0 aliphatic carbocycles. The molecule has 2 aliphatic rings. The van der Waals surface area contributed by atoms with Crippen molar-refractivity contribution in [3.8, 4) is 5.75 Å². The lowest BCUT2D eigenvalue weighted by molar-refractivity contribution is -0.131. The summed E-state index contributed by atoms with van der Waals surface area (Å²) in [6, 6.07) is 17.3. The number of piperidine rings is 1. The van der Waals surface area contributed by atoms with Crippen molar-refractivity contribution in [2.24, 2.45) is 0 Å². The minimum atomic E-state index is -0.743. The number of carbonyl (C=O) groups is 2. The van der Waals surface area contributed by atoms with Gasteiger partial charge in [-0.25, -0.2) is 0 Å². The van der Waals surface area contributed by atoms with Crippen LogP contribution in [0.5, 0.6) is 5.75 Å². The van der Waals surface area contributed by atoms with Crippen LogP contribution >= 0.6 is 0 Å². The summed E-state index contributed by atoms with van der Waals surface area (Å²) >= 11 is 0. The van der Waals surface area contributed by atoms with Crippen molar-refractivity contribution in [1.29, 1.82) is 0 Å². The number of carbonyl (C=O) groups excluding carboxylic acids is 2. The summed E-state index contributed by atoms with van der Waals surface area (Å²) in [5.41, 5.74) is 1.19. The van der Waals surface area contributed by atoms with E-state index in [9.17, 15) is 9.59 Å². The number of amides is 2. The van der Waals surface area contributed by atoms with Gasteiger partial charge in [0.15, 0.2) is 0 Å². The molecule has 2 aromatic rings. The van der Waals surface area contributed by atoms with Crippen molar-refractivity contribution < 1.29 is 14.3 Å². The Kier molecular flexibility index (Phi) is 3.92. The highest BCUT2D eigenvalue weighted by Crippen LogP contribution is 2.35. The Labute approximate surface area is 146 Å². The first kappa shape index (κ1) is 15.7. The first-order valence-corrected chi connectivity index (χ1v) is 8.54. The van der Waals surface area contributed by atoms with Crippen molar-refractivity contribution in [2.45, 2.75) is 24.3 Å². The van der Waals surface area contributed by atoms with Crippen LogP contribution in [0, 0.1) is 0 Å². The van der Waals surface area contributed by atoms with E-state index in [1.807, 2.05) is 54.6 Å². The Hall–Kier alpha value is -2.82. The molecule has 0 unspecified atom stereocenters. The molecular formula is C20H20N2O3. The Morgan fingerprint density at radius 1 is 1.12 bits per heavy atom. The van der Waals surface area contributed by atoms with Crippen LogP contribution in [0.15, 0.2) is 54.6 Å². The molecule has 25 heavy (non-hydrogen) atoms. The van der Waals surface area contributed by atoms with Gasteiger partial charge in [-0.15, -0.1) is 0 Å². The van der Waals surface area contributed by atoms with E-state index in [1.165, 1.54) is 0 Å². The van der Waals surface area contributed by atoms with E-state index in [0.29, 0.717) is 26.0 Å². The molecule has 2 atom stereocenters. The molecule has 2 aliphatic heterocycles. The lowest BCUT2D eigenvalue weighted by atomic mass is 9.73. The van der Waals surface area contributed by atoms with Gasteiger partial charge in [0, 0.05) is 18.5 Å². The zero-order valence-electron chi connectivity index (χ0n) is 13.8. The van der Waals surface area contributed by atoms with Gasteiger partial charge < -0.3 is 15.4 Å². The smallest absolute Gasteiger partial charge is 0.233 e. The highest BCUT2D eigenvalue weighted by molar-refractivity contribution is 5.92. The van der Waals surface area contributed by atoms with Crippen LogP contribution in [0.25, 0.3) is 0 Å². The average molecular weight is 336 g/mol. The summed E-state index contributed by atoms with van der Waals surface area (Å²) in [7, 11) is 0. The number of ether oxygens (including phenoxy) is 1. The van der Waals surface area contributed by atoms with Gasteiger partial charge in [-0.2, -0.15) is 0 Å². The lowest BCUT2D eigenvalue weighted by Gasteiger charge is -2.37. The molecule has 2 heterocycles. The lowest BCUT2D eigenvalue weighted by Crippen LogP contribution is -2.55. The van der Waals surface area contributed by atoms with Crippen LogP contribution in [0.1, 0.15) is 30.0 Å². The topological polar surface area (TPSA) is 67.4 Å². The van der Waals surface area contributed by atoms with E-state index in [1.54, 1.807) is 0 Å². The number of rotatable bonds is 3. The van der Waals surface area contributed by atoms with Crippen LogP contribution in [-0.4, -0.2) is 25.0 Å². The predicted molar refractivity (Wildman–Crippen MR) is 93.2 cm³/mol. The second-order valence-electron chi connectivity index (χ2n) is 6.60. The molecule has 2 N–H and O–H groups in total.